The number of hydrogen-bond donors (Lipinski definition) is 1. The van der Waals surface area contributed by atoms with Crippen LogP contribution >= 0.6 is 0 Å². The van der Waals surface area contributed by atoms with Crippen LogP contribution in [0.25, 0.3) is 22.2 Å². The molecule has 0 aliphatic heterocycles. The Balaban J connectivity index is 1.57. The third kappa shape index (κ3) is 5.84. The molecule has 2 aromatic heterocycles. The van der Waals surface area contributed by atoms with Gasteiger partial charge in [0, 0.05) is 11.7 Å². The Morgan fingerprint density at radius 2 is 1.87 bits per heavy atom. The van der Waals surface area contributed by atoms with Crippen molar-refractivity contribution in [1.29, 1.82) is 0 Å². The van der Waals surface area contributed by atoms with Gasteiger partial charge in [-0.25, -0.2) is 4.98 Å². The van der Waals surface area contributed by atoms with Gasteiger partial charge in [-0.3, -0.25) is 0 Å². The summed E-state index contributed by atoms with van der Waals surface area (Å²) >= 11 is 0. The number of imidazole rings is 1. The van der Waals surface area contributed by atoms with Crippen molar-refractivity contribution < 1.29 is 27.2 Å². The summed E-state index contributed by atoms with van der Waals surface area (Å²) in [5.41, 5.74) is 4.20. The quantitative estimate of drug-likeness (QED) is 0.253. The number of aryl methyl sites for hydroxylation is 1. The van der Waals surface area contributed by atoms with Gasteiger partial charge in [0.05, 0.1) is 23.2 Å². The zero-order chi connectivity index (χ0) is 27.9. The summed E-state index contributed by atoms with van der Waals surface area (Å²) in [5.74, 6) is 1.99. The summed E-state index contributed by atoms with van der Waals surface area (Å²) in [6.07, 6.45) is -1.60. The van der Waals surface area contributed by atoms with Gasteiger partial charge >= 0.3 is 6.36 Å². The molecule has 0 radical (unpaired) electrons. The fourth-order valence-corrected chi connectivity index (χ4v) is 5.99. The molecule has 2 heterocycles. The zero-order valence-electron chi connectivity index (χ0n) is 22.7. The van der Waals surface area contributed by atoms with Crippen LogP contribution in [0.15, 0.2) is 47.0 Å². The maximum Gasteiger partial charge on any atom is 0.573 e. The number of anilines is 2. The van der Waals surface area contributed by atoms with E-state index in [1.165, 1.54) is 12.1 Å². The average Bonchev–Trinajstić information content (AvgIpc) is 3.37. The number of rotatable bonds is 7. The third-order valence-corrected chi connectivity index (χ3v) is 7.16. The Bertz CT molecular complexity index is 1460. The normalized spacial score (nSPS) is 19.3. The summed E-state index contributed by atoms with van der Waals surface area (Å²) < 4.78 is 55.2. The first-order chi connectivity index (χ1) is 18.4. The fraction of sp³-hybridized carbons (Fsp3) is 0.448. The smallest absolute Gasteiger partial charge is 0.475 e. The molecule has 10 heteroatoms. The predicted octanol–water partition coefficient (Wildman–Crippen LogP) is 8.43. The summed E-state index contributed by atoms with van der Waals surface area (Å²) in [6.45, 7) is 11.1. The molecule has 1 N–H and O–H groups in total. The van der Waals surface area contributed by atoms with Crippen LogP contribution in [0.1, 0.15) is 58.8 Å². The molecular formula is C29H33F3N4O3. The Hall–Kier alpha value is -3.69. The molecule has 0 amide bonds. The fourth-order valence-electron chi connectivity index (χ4n) is 5.99. The van der Waals surface area contributed by atoms with Gasteiger partial charge in [-0.15, -0.1) is 13.2 Å². The first-order valence-corrected chi connectivity index (χ1v) is 13.2. The summed E-state index contributed by atoms with van der Waals surface area (Å²) in [5, 5.41) is 7.40. The van der Waals surface area contributed by atoms with E-state index in [1.807, 2.05) is 26.0 Å². The summed E-state index contributed by atoms with van der Waals surface area (Å²) in [4.78, 5) is 4.96. The molecule has 1 aliphatic carbocycles. The molecular weight excluding hydrogens is 509 g/mol. The van der Waals surface area contributed by atoms with E-state index in [2.05, 4.69) is 46.6 Å². The number of ether oxygens (including phenoxy) is 2. The number of alkyl halides is 3. The van der Waals surface area contributed by atoms with Gasteiger partial charge in [0.25, 0.3) is 5.88 Å². The molecule has 7 nitrogen and oxygen atoms in total. The van der Waals surface area contributed by atoms with Crippen LogP contribution in [0.2, 0.25) is 0 Å². The number of aromatic nitrogens is 3. The molecule has 39 heavy (non-hydrogen) atoms. The lowest BCUT2D eigenvalue weighted by Crippen LogP contribution is -2.29. The van der Waals surface area contributed by atoms with Crippen LogP contribution in [0.5, 0.6) is 11.6 Å². The van der Waals surface area contributed by atoms with E-state index in [0.29, 0.717) is 35.8 Å². The van der Waals surface area contributed by atoms with Gasteiger partial charge in [0.1, 0.15) is 11.5 Å². The third-order valence-electron chi connectivity index (χ3n) is 7.16. The largest absolute Gasteiger partial charge is 0.573 e. The lowest BCUT2D eigenvalue weighted by molar-refractivity contribution is -0.274. The Kier molecular flexibility index (Phi) is 6.99. The van der Waals surface area contributed by atoms with Crippen LogP contribution in [0.4, 0.5) is 24.8 Å². The number of fused-ring (bicyclic) bond motifs is 1. The molecule has 0 unspecified atom stereocenters. The van der Waals surface area contributed by atoms with Gasteiger partial charge in [0.15, 0.2) is 0 Å². The molecule has 2 aromatic carbocycles. The van der Waals surface area contributed by atoms with Crippen LogP contribution in [-0.2, 0) is 0 Å². The minimum Gasteiger partial charge on any atom is -0.475 e. The highest BCUT2D eigenvalue weighted by atomic mass is 19.4. The van der Waals surface area contributed by atoms with Crippen LogP contribution in [-0.4, -0.2) is 27.7 Å². The van der Waals surface area contributed by atoms with Crippen molar-refractivity contribution in [3.05, 3.63) is 48.2 Å². The van der Waals surface area contributed by atoms with Crippen molar-refractivity contribution in [2.75, 3.05) is 11.9 Å². The highest BCUT2D eigenvalue weighted by Crippen LogP contribution is 2.46. The van der Waals surface area contributed by atoms with Gasteiger partial charge < -0.3 is 23.9 Å². The second-order valence-electron chi connectivity index (χ2n) is 11.1. The number of benzene rings is 2. The minimum atomic E-state index is -4.74. The SMILES string of the molecule is CCOc1noc(C)c1-c1ccc2c(c1)nc(Nc1ccc(OC(F)(F)F)cc1)n2[C@H]1C[C@@H](C)CC(C)(C)C1. The van der Waals surface area contributed by atoms with Gasteiger partial charge in [-0.05, 0) is 91.6 Å². The van der Waals surface area contributed by atoms with Crippen molar-refractivity contribution in [1.82, 2.24) is 14.7 Å². The number of halogens is 3. The van der Waals surface area contributed by atoms with E-state index < -0.39 is 6.36 Å². The average molecular weight is 543 g/mol. The lowest BCUT2D eigenvalue weighted by atomic mass is 9.70. The molecule has 1 aliphatic rings. The van der Waals surface area contributed by atoms with Crippen LogP contribution in [0.3, 0.4) is 0 Å². The lowest BCUT2D eigenvalue weighted by Gasteiger charge is -2.40. The van der Waals surface area contributed by atoms with E-state index in [4.69, 9.17) is 14.2 Å². The highest BCUT2D eigenvalue weighted by molar-refractivity contribution is 5.86. The van der Waals surface area contributed by atoms with E-state index >= 15 is 0 Å². The molecule has 4 aromatic rings. The number of nitrogens with one attached hydrogen (secondary N) is 1. The van der Waals surface area contributed by atoms with E-state index in [9.17, 15) is 13.2 Å². The van der Waals surface area contributed by atoms with Gasteiger partial charge in [-0.2, -0.15) is 0 Å². The van der Waals surface area contributed by atoms with E-state index in [0.717, 1.165) is 41.4 Å². The summed E-state index contributed by atoms with van der Waals surface area (Å²) in [7, 11) is 0. The molecule has 1 saturated carbocycles. The molecule has 5 rings (SSSR count). The maximum atomic E-state index is 12.6. The molecule has 1 fully saturated rings. The number of hydrogen-bond acceptors (Lipinski definition) is 6. The first kappa shape index (κ1) is 26.9. The van der Waals surface area contributed by atoms with Crippen molar-refractivity contribution in [3.63, 3.8) is 0 Å². The Labute approximate surface area is 225 Å². The van der Waals surface area contributed by atoms with Crippen molar-refractivity contribution in [2.24, 2.45) is 11.3 Å². The maximum absolute atomic E-state index is 12.6. The predicted molar refractivity (Wildman–Crippen MR) is 143 cm³/mol. The van der Waals surface area contributed by atoms with Gasteiger partial charge in [-0.1, -0.05) is 26.8 Å². The molecule has 0 spiro atoms. The van der Waals surface area contributed by atoms with Crippen molar-refractivity contribution in [2.45, 2.75) is 66.3 Å². The molecule has 208 valence electrons. The topological polar surface area (TPSA) is 74.3 Å². The van der Waals surface area contributed by atoms with Crippen LogP contribution < -0.4 is 14.8 Å². The highest BCUT2D eigenvalue weighted by Gasteiger charge is 2.35. The van der Waals surface area contributed by atoms with Crippen molar-refractivity contribution >= 4 is 22.7 Å². The van der Waals surface area contributed by atoms with E-state index in [1.54, 1.807) is 12.1 Å². The Morgan fingerprint density at radius 3 is 2.54 bits per heavy atom. The number of nitrogens with zero attached hydrogens (tertiary/aromatic N) is 3. The van der Waals surface area contributed by atoms with Crippen molar-refractivity contribution in [3.8, 4) is 22.8 Å². The standard InChI is InChI=1S/C29H33F3N4O3/c1-6-37-26-25(18(3)39-35-26)19-7-12-24-23(14-19)34-27(36(24)21-13-17(2)15-28(4,5)16-21)33-20-8-10-22(11-9-20)38-29(30,31)32/h7-12,14,17,21H,6,13,15-16H2,1-5H3,(H,33,34)/t17-,21+/m1/s1. The zero-order valence-corrected chi connectivity index (χ0v) is 22.7. The van der Waals surface area contributed by atoms with E-state index in [-0.39, 0.29) is 17.2 Å². The Morgan fingerprint density at radius 1 is 1.13 bits per heavy atom. The molecule has 0 saturated heterocycles. The minimum absolute atomic E-state index is 0.165. The van der Waals surface area contributed by atoms with Crippen LogP contribution in [0, 0.1) is 18.3 Å². The van der Waals surface area contributed by atoms with Gasteiger partial charge in [0.2, 0.25) is 5.95 Å². The summed E-state index contributed by atoms with van der Waals surface area (Å²) in [6, 6.07) is 12.0. The second-order valence-corrected chi connectivity index (χ2v) is 11.1. The second kappa shape index (κ2) is 10.1. The molecule has 2 atom stereocenters. The first-order valence-electron chi connectivity index (χ1n) is 13.2. The molecule has 0 bridgehead atoms. The monoisotopic (exact) mass is 542 g/mol.